The van der Waals surface area contributed by atoms with Gasteiger partial charge in [-0.25, -0.2) is 4.79 Å². The summed E-state index contributed by atoms with van der Waals surface area (Å²) in [4.78, 5) is 22.4. The number of rotatable bonds is 7. The highest BCUT2D eigenvalue weighted by molar-refractivity contribution is 5.89. The van der Waals surface area contributed by atoms with Crippen molar-refractivity contribution in [2.75, 3.05) is 26.1 Å². The van der Waals surface area contributed by atoms with E-state index in [1.54, 1.807) is 25.1 Å². The Kier molecular flexibility index (Phi) is 6.32. The van der Waals surface area contributed by atoms with E-state index < -0.39 is 17.9 Å². The first kappa shape index (κ1) is 16.6. The fraction of sp³-hybridized carbons (Fsp3) is 0.429. The van der Waals surface area contributed by atoms with Crippen LogP contribution in [0.25, 0.3) is 0 Å². The number of hydrogen-bond donors (Lipinski definition) is 3. The van der Waals surface area contributed by atoms with Crippen LogP contribution >= 0.6 is 0 Å². The Morgan fingerprint density at radius 3 is 2.24 bits per heavy atom. The lowest BCUT2D eigenvalue weighted by Crippen LogP contribution is -2.31. The Morgan fingerprint density at radius 2 is 1.76 bits per heavy atom. The van der Waals surface area contributed by atoms with Crippen LogP contribution in [0.4, 0.5) is 10.5 Å². The van der Waals surface area contributed by atoms with Crippen molar-refractivity contribution >= 4 is 17.7 Å². The van der Waals surface area contributed by atoms with Crippen LogP contribution in [0.1, 0.15) is 13.3 Å². The van der Waals surface area contributed by atoms with E-state index in [-0.39, 0.29) is 6.54 Å². The minimum Gasteiger partial charge on any atom is -0.497 e. The Morgan fingerprint density at radius 1 is 1.19 bits per heavy atom. The van der Waals surface area contributed by atoms with Crippen molar-refractivity contribution in [3.8, 4) is 11.5 Å². The van der Waals surface area contributed by atoms with Gasteiger partial charge in [-0.15, -0.1) is 0 Å². The molecule has 0 fully saturated rings. The number of carboxylic acid groups (broad SMARTS) is 1. The average molecular weight is 296 g/mol. The molecule has 0 radical (unpaired) electrons. The second-order valence-corrected chi connectivity index (χ2v) is 4.51. The van der Waals surface area contributed by atoms with E-state index in [1.807, 2.05) is 0 Å². The summed E-state index contributed by atoms with van der Waals surface area (Å²) in [5.74, 6) is -0.259. The Balaban J connectivity index is 2.52. The highest BCUT2D eigenvalue weighted by Crippen LogP contribution is 2.25. The molecule has 0 aromatic heterocycles. The first-order chi connectivity index (χ1) is 9.96. The van der Waals surface area contributed by atoms with Gasteiger partial charge >= 0.3 is 12.0 Å². The maximum atomic E-state index is 11.7. The number of ether oxygens (including phenoxy) is 2. The van der Waals surface area contributed by atoms with Gasteiger partial charge in [-0.2, -0.15) is 0 Å². The highest BCUT2D eigenvalue weighted by atomic mass is 16.5. The maximum Gasteiger partial charge on any atom is 0.319 e. The first-order valence-corrected chi connectivity index (χ1v) is 6.47. The molecule has 2 amide bonds. The standard InChI is InChI=1S/C14H20N2O5/c1-9(13(17)18)4-5-15-14(19)16-10-6-11(20-2)8-12(7-10)21-3/h6-9H,4-5H2,1-3H3,(H,17,18)(H2,15,16,19). The largest absolute Gasteiger partial charge is 0.497 e. The fourth-order valence-electron chi connectivity index (χ4n) is 1.58. The minimum absolute atomic E-state index is 0.278. The van der Waals surface area contributed by atoms with E-state index in [9.17, 15) is 9.59 Å². The van der Waals surface area contributed by atoms with Gasteiger partial charge in [0.15, 0.2) is 0 Å². The first-order valence-electron chi connectivity index (χ1n) is 6.47. The monoisotopic (exact) mass is 296 g/mol. The molecule has 0 aliphatic rings. The van der Waals surface area contributed by atoms with Crippen molar-refractivity contribution in [1.82, 2.24) is 5.32 Å². The van der Waals surface area contributed by atoms with Crippen molar-refractivity contribution < 1.29 is 24.2 Å². The normalized spacial score (nSPS) is 11.4. The number of carbonyl (C=O) groups excluding carboxylic acids is 1. The molecule has 116 valence electrons. The molecule has 1 atom stereocenters. The van der Waals surface area contributed by atoms with Gasteiger partial charge in [-0.3, -0.25) is 4.79 Å². The Bertz CT molecular complexity index is 482. The van der Waals surface area contributed by atoms with Crippen LogP contribution < -0.4 is 20.1 Å². The van der Waals surface area contributed by atoms with Crippen molar-refractivity contribution in [3.05, 3.63) is 18.2 Å². The SMILES string of the molecule is COc1cc(NC(=O)NCCC(C)C(=O)O)cc(OC)c1. The molecule has 0 bridgehead atoms. The topological polar surface area (TPSA) is 96.9 Å². The lowest BCUT2D eigenvalue weighted by Gasteiger charge is -2.11. The third-order valence-electron chi connectivity index (χ3n) is 2.89. The molecule has 1 aromatic rings. The molecule has 21 heavy (non-hydrogen) atoms. The van der Waals surface area contributed by atoms with Crippen LogP contribution in [0, 0.1) is 5.92 Å². The number of urea groups is 1. The molecule has 0 saturated carbocycles. The number of methoxy groups -OCH3 is 2. The van der Waals surface area contributed by atoms with Gasteiger partial charge in [0, 0.05) is 30.4 Å². The lowest BCUT2D eigenvalue weighted by atomic mass is 10.1. The van der Waals surface area contributed by atoms with E-state index in [0.29, 0.717) is 23.6 Å². The molecule has 0 heterocycles. The smallest absolute Gasteiger partial charge is 0.319 e. The fourth-order valence-corrected chi connectivity index (χ4v) is 1.58. The highest BCUT2D eigenvalue weighted by Gasteiger charge is 2.11. The van der Waals surface area contributed by atoms with Gasteiger partial charge in [0.05, 0.1) is 20.1 Å². The molecule has 1 aromatic carbocycles. The number of aliphatic carboxylic acids is 1. The van der Waals surface area contributed by atoms with Crippen LogP contribution in [0.2, 0.25) is 0 Å². The summed E-state index contributed by atoms with van der Waals surface area (Å²) < 4.78 is 10.2. The number of hydrogen-bond acceptors (Lipinski definition) is 4. The summed E-state index contributed by atoms with van der Waals surface area (Å²) in [7, 11) is 3.04. The summed E-state index contributed by atoms with van der Waals surface area (Å²) >= 11 is 0. The average Bonchev–Trinajstić information content (AvgIpc) is 2.46. The number of carboxylic acids is 1. The summed E-state index contributed by atoms with van der Waals surface area (Å²) in [5.41, 5.74) is 0.523. The molecule has 1 unspecified atom stereocenters. The van der Waals surface area contributed by atoms with Gasteiger partial charge in [0.2, 0.25) is 0 Å². The Labute approximate surface area is 123 Å². The van der Waals surface area contributed by atoms with Gasteiger partial charge in [0.1, 0.15) is 11.5 Å². The number of nitrogens with one attached hydrogen (secondary N) is 2. The molecule has 3 N–H and O–H groups in total. The third-order valence-corrected chi connectivity index (χ3v) is 2.89. The van der Waals surface area contributed by atoms with E-state index in [2.05, 4.69) is 10.6 Å². The van der Waals surface area contributed by atoms with Crippen LogP contribution in [0.3, 0.4) is 0 Å². The van der Waals surface area contributed by atoms with E-state index in [1.165, 1.54) is 14.2 Å². The molecule has 1 rings (SSSR count). The van der Waals surface area contributed by atoms with Gasteiger partial charge in [0.25, 0.3) is 0 Å². The molecular weight excluding hydrogens is 276 g/mol. The predicted octanol–water partition coefficient (Wildman–Crippen LogP) is 1.94. The minimum atomic E-state index is -0.880. The van der Waals surface area contributed by atoms with Gasteiger partial charge in [-0.1, -0.05) is 6.92 Å². The maximum absolute atomic E-state index is 11.7. The van der Waals surface area contributed by atoms with Gasteiger partial charge < -0.3 is 25.2 Å². The molecule has 0 aliphatic carbocycles. The quantitative estimate of drug-likeness (QED) is 0.714. The van der Waals surface area contributed by atoms with Crippen LogP contribution in [-0.4, -0.2) is 37.9 Å². The summed E-state index contributed by atoms with van der Waals surface area (Å²) in [6.07, 6.45) is 0.365. The van der Waals surface area contributed by atoms with Crippen molar-refractivity contribution in [2.45, 2.75) is 13.3 Å². The summed E-state index contributed by atoms with van der Waals surface area (Å²) in [5, 5.41) is 14.0. The van der Waals surface area contributed by atoms with Crippen molar-refractivity contribution in [1.29, 1.82) is 0 Å². The summed E-state index contributed by atoms with van der Waals surface area (Å²) in [6.45, 7) is 1.87. The zero-order valence-corrected chi connectivity index (χ0v) is 12.3. The zero-order valence-electron chi connectivity index (χ0n) is 12.3. The van der Waals surface area contributed by atoms with Crippen LogP contribution in [0.15, 0.2) is 18.2 Å². The van der Waals surface area contributed by atoms with Crippen molar-refractivity contribution in [2.24, 2.45) is 5.92 Å². The van der Waals surface area contributed by atoms with E-state index >= 15 is 0 Å². The molecular formula is C14H20N2O5. The molecule has 0 saturated heterocycles. The van der Waals surface area contributed by atoms with E-state index in [0.717, 1.165) is 0 Å². The zero-order chi connectivity index (χ0) is 15.8. The number of benzene rings is 1. The number of carbonyl (C=O) groups is 2. The van der Waals surface area contributed by atoms with Crippen LogP contribution in [0.5, 0.6) is 11.5 Å². The van der Waals surface area contributed by atoms with E-state index in [4.69, 9.17) is 14.6 Å². The van der Waals surface area contributed by atoms with Gasteiger partial charge in [-0.05, 0) is 6.42 Å². The number of amides is 2. The molecule has 0 aliphatic heterocycles. The molecule has 7 nitrogen and oxygen atoms in total. The molecule has 0 spiro atoms. The lowest BCUT2D eigenvalue weighted by molar-refractivity contribution is -0.141. The van der Waals surface area contributed by atoms with Crippen molar-refractivity contribution in [3.63, 3.8) is 0 Å². The Hall–Kier alpha value is -2.44. The number of anilines is 1. The molecule has 7 heteroatoms. The predicted molar refractivity (Wildman–Crippen MR) is 78.0 cm³/mol. The third kappa shape index (κ3) is 5.60. The summed E-state index contributed by atoms with van der Waals surface area (Å²) in [6, 6.07) is 4.59. The second kappa shape index (κ2) is 7.98. The van der Waals surface area contributed by atoms with Crippen LogP contribution in [-0.2, 0) is 4.79 Å². The second-order valence-electron chi connectivity index (χ2n) is 4.51.